The minimum Gasteiger partial charge on any atom is -0.491 e. The molecule has 1 heterocycles. The first-order chi connectivity index (χ1) is 8.08. The van der Waals surface area contributed by atoms with Crippen LogP contribution < -0.4 is 4.74 Å². The first-order valence-corrected chi connectivity index (χ1v) is 6.65. The number of hydrogen-bond acceptors (Lipinski definition) is 2. The number of rotatable bonds is 2. The third-order valence-electron chi connectivity index (χ3n) is 2.70. The van der Waals surface area contributed by atoms with Crippen LogP contribution in [0.1, 0.15) is 11.1 Å². The molecule has 0 aliphatic carbocycles. The minimum atomic E-state index is -0.395. The highest BCUT2D eigenvalue weighted by atomic mass is 35.5. The summed E-state index contributed by atoms with van der Waals surface area (Å²) in [5.41, 5.74) is 2.02. The van der Waals surface area contributed by atoms with Crippen LogP contribution >= 0.6 is 35.4 Å². The smallest absolute Gasteiger partial charge is 0.129 e. The summed E-state index contributed by atoms with van der Waals surface area (Å²) >= 11 is 16.9. The number of likely N-dealkylation sites (N-methyl/N-ethyl adjacent to an activating group) is 1. The van der Waals surface area contributed by atoms with Crippen molar-refractivity contribution >= 4 is 40.4 Å². The van der Waals surface area contributed by atoms with E-state index in [1.807, 2.05) is 30.1 Å². The van der Waals surface area contributed by atoms with Gasteiger partial charge in [0, 0.05) is 13.5 Å². The average Bonchev–Trinajstić information content (AvgIpc) is 2.39. The maximum Gasteiger partial charge on any atom is 0.129 e. The van der Waals surface area contributed by atoms with Crippen LogP contribution in [0.25, 0.3) is 0 Å². The number of halogens is 2. The minimum absolute atomic E-state index is 0.395. The van der Waals surface area contributed by atoms with Crippen LogP contribution in [0.2, 0.25) is 0 Å². The Hall–Kier alpha value is -0.510. The molecular weight excluding hydrogens is 277 g/mol. The zero-order valence-corrected chi connectivity index (χ0v) is 11.8. The number of hydrogen-bond donors (Lipinski definition) is 0. The molecule has 0 N–H and O–H groups in total. The van der Waals surface area contributed by atoms with Crippen LogP contribution in [0.3, 0.4) is 0 Å². The summed E-state index contributed by atoms with van der Waals surface area (Å²) in [6, 6.07) is 5.94. The zero-order valence-electron chi connectivity index (χ0n) is 9.45. The van der Waals surface area contributed by atoms with Crippen molar-refractivity contribution in [3.8, 4) is 5.75 Å². The van der Waals surface area contributed by atoms with Gasteiger partial charge in [-0.2, -0.15) is 0 Å². The summed E-state index contributed by atoms with van der Waals surface area (Å²) in [5, 5.41) is 0. The maximum atomic E-state index is 5.77. The molecule has 1 aliphatic heterocycles. The second-order valence-electron chi connectivity index (χ2n) is 4.00. The zero-order chi connectivity index (χ0) is 12.4. The van der Waals surface area contributed by atoms with E-state index in [1.165, 1.54) is 0 Å². The summed E-state index contributed by atoms with van der Waals surface area (Å²) in [4.78, 5) is 2.44. The van der Waals surface area contributed by atoms with Crippen LogP contribution in [0.15, 0.2) is 18.2 Å². The maximum absolute atomic E-state index is 5.77. The Balaban J connectivity index is 2.32. The van der Waals surface area contributed by atoms with Crippen molar-refractivity contribution in [1.29, 1.82) is 0 Å². The van der Waals surface area contributed by atoms with E-state index in [-0.39, 0.29) is 0 Å². The molecule has 17 heavy (non-hydrogen) atoms. The lowest BCUT2D eigenvalue weighted by Gasteiger charge is -2.15. The van der Waals surface area contributed by atoms with Gasteiger partial charge in [-0.25, -0.2) is 0 Å². The molecule has 1 aliphatic rings. The molecule has 0 unspecified atom stereocenters. The molecule has 0 amide bonds. The Morgan fingerprint density at radius 2 is 2.24 bits per heavy atom. The Morgan fingerprint density at radius 3 is 2.94 bits per heavy atom. The van der Waals surface area contributed by atoms with Gasteiger partial charge in [0.15, 0.2) is 0 Å². The van der Waals surface area contributed by atoms with E-state index in [1.54, 1.807) is 0 Å². The van der Waals surface area contributed by atoms with E-state index in [0.29, 0.717) is 13.0 Å². The average molecular weight is 290 g/mol. The lowest BCUT2D eigenvalue weighted by Crippen LogP contribution is -2.26. The van der Waals surface area contributed by atoms with E-state index in [4.69, 9.17) is 40.2 Å². The van der Waals surface area contributed by atoms with Crippen LogP contribution in [0.4, 0.5) is 0 Å². The number of fused-ring (bicyclic) bond motifs is 1. The third-order valence-corrected chi connectivity index (χ3v) is 3.54. The molecule has 0 atom stereocenters. The topological polar surface area (TPSA) is 12.5 Å². The van der Waals surface area contributed by atoms with Crippen molar-refractivity contribution in [2.45, 2.75) is 11.3 Å². The van der Waals surface area contributed by atoms with E-state index < -0.39 is 4.84 Å². The summed E-state index contributed by atoms with van der Waals surface area (Å²) in [7, 11) is 1.97. The molecule has 2 rings (SSSR count). The van der Waals surface area contributed by atoms with Gasteiger partial charge in [-0.3, -0.25) is 0 Å². The van der Waals surface area contributed by atoms with Gasteiger partial charge >= 0.3 is 0 Å². The highest BCUT2D eigenvalue weighted by molar-refractivity contribution is 7.80. The number of alkyl halides is 2. The summed E-state index contributed by atoms with van der Waals surface area (Å²) in [5.74, 6) is 0.825. The van der Waals surface area contributed by atoms with Crippen LogP contribution in [0.5, 0.6) is 5.75 Å². The second-order valence-corrected chi connectivity index (χ2v) is 5.66. The van der Waals surface area contributed by atoms with E-state index in [0.717, 1.165) is 28.4 Å². The summed E-state index contributed by atoms with van der Waals surface area (Å²) in [6.07, 6.45) is 0.613. The Kier molecular flexibility index (Phi) is 4.13. The van der Waals surface area contributed by atoms with E-state index in [9.17, 15) is 0 Å². The van der Waals surface area contributed by atoms with Gasteiger partial charge in [-0.05, 0) is 17.7 Å². The molecule has 0 spiro atoms. The molecule has 1 aromatic rings. The normalized spacial score (nSPS) is 15.5. The van der Waals surface area contributed by atoms with Gasteiger partial charge in [0.05, 0.1) is 12.1 Å². The molecule has 0 aromatic heterocycles. The van der Waals surface area contributed by atoms with Crippen molar-refractivity contribution < 1.29 is 4.74 Å². The van der Waals surface area contributed by atoms with Gasteiger partial charge in [0.25, 0.3) is 0 Å². The van der Waals surface area contributed by atoms with Gasteiger partial charge < -0.3 is 9.64 Å². The fraction of sp³-hybridized carbons (Fsp3) is 0.417. The highest BCUT2D eigenvalue weighted by Crippen LogP contribution is 2.26. The number of ether oxygens (including phenoxy) is 1. The lowest BCUT2D eigenvalue weighted by molar-refractivity contribution is 0.295. The van der Waals surface area contributed by atoms with Gasteiger partial charge in [0.2, 0.25) is 0 Å². The van der Waals surface area contributed by atoms with Crippen molar-refractivity contribution in [2.24, 2.45) is 0 Å². The third kappa shape index (κ3) is 3.03. The largest absolute Gasteiger partial charge is 0.491 e. The van der Waals surface area contributed by atoms with Crippen molar-refractivity contribution in [3.63, 3.8) is 0 Å². The van der Waals surface area contributed by atoms with Gasteiger partial charge in [-0.15, -0.1) is 23.2 Å². The van der Waals surface area contributed by atoms with Gasteiger partial charge in [0.1, 0.15) is 22.2 Å². The molecule has 92 valence electrons. The number of thiocarbonyl (C=S) groups is 1. The van der Waals surface area contributed by atoms with Crippen LogP contribution in [-0.4, -0.2) is 34.9 Å². The number of benzene rings is 1. The predicted octanol–water partition coefficient (Wildman–Crippen LogP) is 3.03. The first-order valence-electron chi connectivity index (χ1n) is 5.37. The molecule has 0 bridgehead atoms. The monoisotopic (exact) mass is 289 g/mol. The second kappa shape index (κ2) is 5.42. The molecule has 0 saturated heterocycles. The SMILES string of the molecule is CN1CCOc2cc(CC(Cl)Cl)ccc2C1=S. The van der Waals surface area contributed by atoms with Crippen molar-refractivity contribution in [3.05, 3.63) is 29.3 Å². The van der Waals surface area contributed by atoms with Crippen LogP contribution in [0, 0.1) is 0 Å². The molecule has 1 aromatic carbocycles. The quantitative estimate of drug-likeness (QED) is 0.613. The van der Waals surface area contributed by atoms with Crippen molar-refractivity contribution in [1.82, 2.24) is 4.90 Å². The predicted molar refractivity (Wildman–Crippen MR) is 75.5 cm³/mol. The van der Waals surface area contributed by atoms with Gasteiger partial charge in [-0.1, -0.05) is 18.3 Å². The van der Waals surface area contributed by atoms with E-state index >= 15 is 0 Å². The standard InChI is InChI=1S/C12H13Cl2NOS/c1-15-4-5-16-10-6-8(7-11(13)14)2-3-9(10)12(15)17/h2-3,6,11H,4-5,7H2,1H3. The molecule has 0 fully saturated rings. The van der Waals surface area contributed by atoms with Crippen molar-refractivity contribution in [2.75, 3.05) is 20.2 Å². The van der Waals surface area contributed by atoms with Crippen LogP contribution in [-0.2, 0) is 6.42 Å². The Labute approximate surface area is 116 Å². The molecule has 5 heteroatoms. The van der Waals surface area contributed by atoms with E-state index in [2.05, 4.69) is 0 Å². The summed E-state index contributed by atoms with van der Waals surface area (Å²) in [6.45, 7) is 1.44. The Morgan fingerprint density at radius 1 is 1.47 bits per heavy atom. The first kappa shape index (κ1) is 12.9. The highest BCUT2D eigenvalue weighted by Gasteiger charge is 2.17. The Bertz CT molecular complexity index is 437. The molecule has 0 saturated carbocycles. The fourth-order valence-corrected chi connectivity index (χ4v) is 2.38. The molecule has 2 nitrogen and oxygen atoms in total. The lowest BCUT2D eigenvalue weighted by atomic mass is 10.1. The fourth-order valence-electron chi connectivity index (χ4n) is 1.77. The number of nitrogens with zero attached hydrogens (tertiary/aromatic N) is 1. The molecule has 0 radical (unpaired) electrons. The molecular formula is C12H13Cl2NOS. The summed E-state index contributed by atoms with van der Waals surface area (Å²) < 4.78 is 5.70.